The van der Waals surface area contributed by atoms with Crippen LogP contribution in [-0.4, -0.2) is 10.2 Å². The van der Waals surface area contributed by atoms with Gasteiger partial charge in [0.05, 0.1) is 9.26 Å². The van der Waals surface area contributed by atoms with Gasteiger partial charge in [-0.15, -0.1) is 0 Å². The minimum absolute atomic E-state index is 0.519. The number of hydrogen-bond donors (Lipinski definition) is 2. The van der Waals surface area contributed by atoms with Crippen LogP contribution in [0.4, 0.5) is 5.82 Å². The van der Waals surface area contributed by atoms with Gasteiger partial charge < -0.3 is 10.5 Å². The Labute approximate surface area is 130 Å². The summed E-state index contributed by atoms with van der Waals surface area (Å²) in [6.07, 6.45) is 0. The minimum Gasteiger partial charge on any atom is -0.457 e. The van der Waals surface area contributed by atoms with Gasteiger partial charge in [-0.2, -0.15) is 5.10 Å². The molecule has 0 saturated heterocycles. The number of para-hydroxylation sites is 1. The van der Waals surface area contributed by atoms with Crippen molar-refractivity contribution in [2.75, 3.05) is 5.73 Å². The first-order valence-electron chi connectivity index (χ1n) is 6.07. The minimum atomic E-state index is 0.519. The predicted molar refractivity (Wildman–Crippen MR) is 87.7 cm³/mol. The van der Waals surface area contributed by atoms with Crippen molar-refractivity contribution >= 4 is 28.4 Å². The van der Waals surface area contributed by atoms with Gasteiger partial charge in [0.15, 0.2) is 5.82 Å². The Morgan fingerprint density at radius 2 is 1.60 bits per heavy atom. The third kappa shape index (κ3) is 2.62. The van der Waals surface area contributed by atoms with Gasteiger partial charge in [0.2, 0.25) is 0 Å². The number of hydrogen-bond acceptors (Lipinski definition) is 3. The van der Waals surface area contributed by atoms with Gasteiger partial charge in [0.25, 0.3) is 0 Å². The van der Waals surface area contributed by atoms with Gasteiger partial charge in [-0.05, 0) is 59.0 Å². The van der Waals surface area contributed by atoms with Gasteiger partial charge >= 0.3 is 0 Å². The number of nitrogens with one attached hydrogen (secondary N) is 1. The molecule has 0 atom stereocenters. The second kappa shape index (κ2) is 5.54. The third-order valence-electron chi connectivity index (χ3n) is 2.85. The van der Waals surface area contributed by atoms with E-state index in [2.05, 4.69) is 32.8 Å². The number of aromatic nitrogens is 2. The largest absolute Gasteiger partial charge is 0.457 e. The molecular weight excluding hydrogens is 365 g/mol. The Morgan fingerprint density at radius 1 is 0.950 bits per heavy atom. The number of nitrogens with two attached hydrogens (primary N) is 1. The molecule has 3 rings (SSSR count). The summed E-state index contributed by atoms with van der Waals surface area (Å²) in [6.45, 7) is 0. The molecule has 0 aliphatic rings. The van der Waals surface area contributed by atoms with Crippen molar-refractivity contribution in [1.82, 2.24) is 10.2 Å². The van der Waals surface area contributed by atoms with Crippen molar-refractivity contribution in [3.63, 3.8) is 0 Å². The highest BCUT2D eigenvalue weighted by atomic mass is 127. The normalized spacial score (nSPS) is 10.4. The van der Waals surface area contributed by atoms with Gasteiger partial charge in [-0.25, -0.2) is 0 Å². The molecule has 0 fully saturated rings. The van der Waals surface area contributed by atoms with Gasteiger partial charge in [-0.1, -0.05) is 18.2 Å². The Kier molecular flexibility index (Phi) is 3.60. The summed E-state index contributed by atoms with van der Waals surface area (Å²) in [5.41, 5.74) is 7.69. The molecule has 0 amide bonds. The summed E-state index contributed by atoms with van der Waals surface area (Å²) in [4.78, 5) is 0. The smallest absolute Gasteiger partial charge is 0.159 e. The number of rotatable bonds is 3. The lowest BCUT2D eigenvalue weighted by molar-refractivity contribution is 0.483. The van der Waals surface area contributed by atoms with E-state index in [9.17, 15) is 0 Å². The van der Waals surface area contributed by atoms with Crippen LogP contribution in [-0.2, 0) is 0 Å². The molecule has 0 aliphatic carbocycles. The Morgan fingerprint density at radius 3 is 2.20 bits per heavy atom. The van der Waals surface area contributed by atoms with Crippen molar-refractivity contribution in [2.24, 2.45) is 0 Å². The number of benzene rings is 2. The van der Waals surface area contributed by atoms with E-state index in [1.807, 2.05) is 54.6 Å². The van der Waals surface area contributed by atoms with Crippen LogP contribution in [0.2, 0.25) is 0 Å². The molecule has 20 heavy (non-hydrogen) atoms. The highest BCUT2D eigenvalue weighted by Crippen LogP contribution is 2.29. The summed E-state index contributed by atoms with van der Waals surface area (Å²) < 4.78 is 6.68. The second-order valence-electron chi connectivity index (χ2n) is 4.24. The number of nitrogen functional groups attached to an aromatic ring is 1. The molecular formula is C15H12IN3O. The summed E-state index contributed by atoms with van der Waals surface area (Å²) in [5.74, 6) is 2.13. The molecule has 0 saturated carbocycles. The van der Waals surface area contributed by atoms with Crippen LogP contribution in [0, 0.1) is 3.57 Å². The molecule has 0 radical (unpaired) electrons. The van der Waals surface area contributed by atoms with E-state index in [-0.39, 0.29) is 0 Å². The first kappa shape index (κ1) is 13.0. The van der Waals surface area contributed by atoms with Crippen molar-refractivity contribution in [3.05, 3.63) is 58.2 Å². The molecule has 4 nitrogen and oxygen atoms in total. The molecule has 3 aromatic rings. The number of halogens is 1. The lowest BCUT2D eigenvalue weighted by Gasteiger charge is -2.06. The number of anilines is 1. The van der Waals surface area contributed by atoms with Crippen LogP contribution in [0.5, 0.6) is 11.5 Å². The molecule has 2 aromatic carbocycles. The fraction of sp³-hybridized carbons (Fsp3) is 0. The summed E-state index contributed by atoms with van der Waals surface area (Å²) in [5, 5.41) is 6.93. The zero-order valence-electron chi connectivity index (χ0n) is 10.5. The molecule has 1 heterocycles. The highest BCUT2D eigenvalue weighted by molar-refractivity contribution is 14.1. The first-order valence-corrected chi connectivity index (χ1v) is 7.14. The van der Waals surface area contributed by atoms with E-state index in [1.54, 1.807) is 0 Å². The van der Waals surface area contributed by atoms with E-state index in [0.717, 1.165) is 26.3 Å². The van der Waals surface area contributed by atoms with Gasteiger partial charge in [0, 0.05) is 5.56 Å². The lowest BCUT2D eigenvalue weighted by Crippen LogP contribution is -1.87. The lowest BCUT2D eigenvalue weighted by atomic mass is 10.1. The van der Waals surface area contributed by atoms with Crippen molar-refractivity contribution < 1.29 is 4.74 Å². The molecule has 5 heteroatoms. The van der Waals surface area contributed by atoms with E-state index in [1.165, 1.54) is 0 Å². The Bertz CT molecular complexity index is 708. The van der Waals surface area contributed by atoms with Gasteiger partial charge in [0.1, 0.15) is 11.5 Å². The van der Waals surface area contributed by atoms with Crippen LogP contribution >= 0.6 is 22.6 Å². The Hall–Kier alpha value is -2.02. The SMILES string of the molecule is Nc1n[nH]c(-c2ccc(Oc3ccccc3)cc2)c1I. The van der Waals surface area contributed by atoms with Crippen LogP contribution in [0.15, 0.2) is 54.6 Å². The average Bonchev–Trinajstić information content (AvgIpc) is 2.81. The van der Waals surface area contributed by atoms with Crippen LogP contribution in [0.3, 0.4) is 0 Å². The maximum Gasteiger partial charge on any atom is 0.159 e. The number of H-pyrrole nitrogens is 1. The number of ether oxygens (including phenoxy) is 1. The maximum atomic E-state index is 5.75. The summed E-state index contributed by atoms with van der Waals surface area (Å²) in [7, 11) is 0. The van der Waals surface area contributed by atoms with Gasteiger partial charge in [-0.3, -0.25) is 5.10 Å². The fourth-order valence-corrected chi connectivity index (χ4v) is 2.40. The molecule has 0 spiro atoms. The number of aromatic amines is 1. The molecule has 100 valence electrons. The fourth-order valence-electron chi connectivity index (χ4n) is 1.85. The van der Waals surface area contributed by atoms with Crippen LogP contribution < -0.4 is 10.5 Å². The first-order chi connectivity index (χ1) is 9.74. The quantitative estimate of drug-likeness (QED) is 0.677. The molecule has 1 aromatic heterocycles. The van der Waals surface area contributed by atoms with Crippen molar-refractivity contribution in [2.45, 2.75) is 0 Å². The van der Waals surface area contributed by atoms with E-state index >= 15 is 0 Å². The van der Waals surface area contributed by atoms with E-state index in [0.29, 0.717) is 5.82 Å². The predicted octanol–water partition coefficient (Wildman–Crippen LogP) is 4.06. The topological polar surface area (TPSA) is 63.9 Å². The van der Waals surface area contributed by atoms with E-state index < -0.39 is 0 Å². The number of nitrogens with zero attached hydrogens (tertiary/aromatic N) is 1. The molecule has 0 bridgehead atoms. The average molecular weight is 377 g/mol. The Balaban J connectivity index is 1.83. The maximum absolute atomic E-state index is 5.75. The van der Waals surface area contributed by atoms with Crippen LogP contribution in [0.1, 0.15) is 0 Å². The summed E-state index contributed by atoms with van der Waals surface area (Å²) >= 11 is 2.18. The third-order valence-corrected chi connectivity index (χ3v) is 3.95. The second-order valence-corrected chi connectivity index (χ2v) is 5.32. The van der Waals surface area contributed by atoms with Crippen molar-refractivity contribution in [3.8, 4) is 22.8 Å². The standard InChI is InChI=1S/C15H12IN3O/c16-13-14(18-19-15(13)17)10-6-8-12(9-7-10)20-11-4-2-1-3-5-11/h1-9H,(H3,17,18,19). The zero-order valence-corrected chi connectivity index (χ0v) is 12.7. The molecule has 0 aliphatic heterocycles. The molecule has 3 N–H and O–H groups in total. The van der Waals surface area contributed by atoms with Crippen LogP contribution in [0.25, 0.3) is 11.3 Å². The molecule has 0 unspecified atom stereocenters. The van der Waals surface area contributed by atoms with E-state index in [4.69, 9.17) is 10.5 Å². The summed E-state index contributed by atoms with van der Waals surface area (Å²) in [6, 6.07) is 17.5. The monoisotopic (exact) mass is 377 g/mol. The van der Waals surface area contributed by atoms with Crippen molar-refractivity contribution in [1.29, 1.82) is 0 Å². The zero-order chi connectivity index (χ0) is 13.9. The highest BCUT2D eigenvalue weighted by Gasteiger charge is 2.09.